The molecule has 0 bridgehead atoms. The van der Waals surface area contributed by atoms with Crippen molar-refractivity contribution in [2.75, 3.05) is 13.2 Å². The van der Waals surface area contributed by atoms with E-state index in [1.54, 1.807) is 12.1 Å². The van der Waals surface area contributed by atoms with Crippen molar-refractivity contribution >= 4 is 27.8 Å². The van der Waals surface area contributed by atoms with Gasteiger partial charge in [0.15, 0.2) is 11.5 Å². The molecule has 1 amide bonds. The van der Waals surface area contributed by atoms with Gasteiger partial charge in [-0.15, -0.1) is 0 Å². The van der Waals surface area contributed by atoms with Crippen molar-refractivity contribution < 1.29 is 24.2 Å². The maximum Gasteiger partial charge on any atom is 0.329 e. The molecule has 0 unspecified atom stereocenters. The van der Waals surface area contributed by atoms with Crippen LogP contribution in [0.15, 0.2) is 16.6 Å². The highest BCUT2D eigenvalue weighted by atomic mass is 79.9. The largest absolute Gasteiger partial charge is 0.486 e. The summed E-state index contributed by atoms with van der Waals surface area (Å²) < 4.78 is 11.5. The number of fused-ring (bicyclic) bond motifs is 1. The molecule has 112 valence electrons. The third-order valence-corrected chi connectivity index (χ3v) is 4.42. The standard InChI is InChI=1S/C14H14BrNO5/c15-9-6-8(7-10-11(9)21-5-4-20-10)12(17)16-14(13(18)19)2-1-3-14/h6-7H,1-5H2,(H,16,17)(H,18,19). The van der Waals surface area contributed by atoms with Crippen LogP contribution in [0.4, 0.5) is 0 Å². The SMILES string of the molecule is O=C(NC1(C(=O)O)CCC1)c1cc(Br)c2c(c1)OCCO2. The molecule has 6 nitrogen and oxygen atoms in total. The molecule has 1 aromatic carbocycles. The average Bonchev–Trinajstić information content (AvgIpc) is 2.42. The molecule has 0 radical (unpaired) electrons. The Morgan fingerprint density at radius 3 is 2.57 bits per heavy atom. The lowest BCUT2D eigenvalue weighted by Crippen LogP contribution is -2.59. The number of rotatable bonds is 3. The average molecular weight is 356 g/mol. The van der Waals surface area contributed by atoms with E-state index in [-0.39, 0.29) is 0 Å². The normalized spacial score (nSPS) is 18.5. The lowest BCUT2D eigenvalue weighted by Gasteiger charge is -2.38. The van der Waals surface area contributed by atoms with E-state index in [1.165, 1.54) is 0 Å². The summed E-state index contributed by atoms with van der Waals surface area (Å²) in [5.41, 5.74) is -0.782. The Labute approximate surface area is 129 Å². The summed E-state index contributed by atoms with van der Waals surface area (Å²) in [7, 11) is 0. The van der Waals surface area contributed by atoms with Crippen LogP contribution in [0.2, 0.25) is 0 Å². The van der Waals surface area contributed by atoms with Gasteiger partial charge in [-0.2, -0.15) is 0 Å². The minimum Gasteiger partial charge on any atom is -0.486 e. The van der Waals surface area contributed by atoms with Crippen molar-refractivity contribution in [1.82, 2.24) is 5.32 Å². The van der Waals surface area contributed by atoms with E-state index in [1.807, 2.05) is 0 Å². The van der Waals surface area contributed by atoms with Gasteiger partial charge >= 0.3 is 5.97 Å². The minimum atomic E-state index is -1.13. The molecule has 0 atom stereocenters. The van der Waals surface area contributed by atoms with Crippen molar-refractivity contribution in [2.24, 2.45) is 0 Å². The number of carbonyl (C=O) groups is 2. The summed E-state index contributed by atoms with van der Waals surface area (Å²) in [6.07, 6.45) is 1.72. The number of hydrogen-bond acceptors (Lipinski definition) is 4. The fraction of sp³-hybridized carbons (Fsp3) is 0.429. The van der Waals surface area contributed by atoms with Crippen LogP contribution in [0, 0.1) is 0 Å². The third-order valence-electron chi connectivity index (χ3n) is 3.83. The smallest absolute Gasteiger partial charge is 0.329 e. The maximum atomic E-state index is 12.3. The minimum absolute atomic E-state index is 0.346. The Balaban J connectivity index is 1.85. The van der Waals surface area contributed by atoms with Crippen LogP contribution in [0.1, 0.15) is 29.6 Å². The number of hydrogen-bond donors (Lipinski definition) is 2. The van der Waals surface area contributed by atoms with E-state index in [0.717, 1.165) is 6.42 Å². The molecule has 1 heterocycles. The van der Waals surface area contributed by atoms with Gasteiger partial charge in [-0.3, -0.25) is 4.79 Å². The summed E-state index contributed by atoms with van der Waals surface area (Å²) in [6.45, 7) is 0.878. The number of benzene rings is 1. The van der Waals surface area contributed by atoms with Gasteiger partial charge in [-0.1, -0.05) is 0 Å². The maximum absolute atomic E-state index is 12.3. The first-order valence-electron chi connectivity index (χ1n) is 6.67. The molecular formula is C14H14BrNO5. The zero-order valence-corrected chi connectivity index (χ0v) is 12.7. The van der Waals surface area contributed by atoms with Gasteiger partial charge in [-0.05, 0) is 47.3 Å². The molecule has 21 heavy (non-hydrogen) atoms. The van der Waals surface area contributed by atoms with Crippen molar-refractivity contribution in [3.05, 3.63) is 22.2 Å². The molecule has 1 aromatic rings. The van der Waals surface area contributed by atoms with E-state index in [2.05, 4.69) is 21.2 Å². The van der Waals surface area contributed by atoms with Crippen molar-refractivity contribution in [3.8, 4) is 11.5 Å². The highest BCUT2D eigenvalue weighted by molar-refractivity contribution is 9.10. The van der Waals surface area contributed by atoms with E-state index < -0.39 is 17.4 Å². The second-order valence-electron chi connectivity index (χ2n) is 5.18. The molecule has 0 saturated heterocycles. The summed E-state index contributed by atoms with van der Waals surface area (Å²) in [5.74, 6) is -0.360. The van der Waals surface area contributed by atoms with Crippen LogP contribution in [-0.4, -0.2) is 35.7 Å². The van der Waals surface area contributed by atoms with E-state index >= 15 is 0 Å². The molecular weight excluding hydrogens is 342 g/mol. The predicted octanol–water partition coefficient (Wildman–Crippen LogP) is 1.96. The van der Waals surface area contributed by atoms with Gasteiger partial charge in [0.1, 0.15) is 18.8 Å². The topological polar surface area (TPSA) is 84.9 Å². The van der Waals surface area contributed by atoms with Crippen LogP contribution < -0.4 is 14.8 Å². The Bertz CT molecular complexity index is 612. The zero-order chi connectivity index (χ0) is 15.0. The third kappa shape index (κ3) is 2.46. The zero-order valence-electron chi connectivity index (χ0n) is 11.1. The van der Waals surface area contributed by atoms with E-state index in [4.69, 9.17) is 9.47 Å². The number of ether oxygens (including phenoxy) is 2. The lowest BCUT2D eigenvalue weighted by atomic mass is 9.76. The van der Waals surface area contributed by atoms with Gasteiger partial charge in [0.2, 0.25) is 0 Å². The first-order valence-corrected chi connectivity index (χ1v) is 7.46. The van der Waals surface area contributed by atoms with Crippen molar-refractivity contribution in [1.29, 1.82) is 0 Å². The molecule has 7 heteroatoms. The lowest BCUT2D eigenvalue weighted by molar-refractivity contribution is -0.148. The molecule has 0 aromatic heterocycles. The van der Waals surface area contributed by atoms with Crippen molar-refractivity contribution in [2.45, 2.75) is 24.8 Å². The second kappa shape index (κ2) is 5.22. The molecule has 0 spiro atoms. The number of halogens is 1. The number of carboxylic acids is 1. The van der Waals surface area contributed by atoms with Gasteiger partial charge in [-0.25, -0.2) is 4.79 Å². The Kier molecular flexibility index (Phi) is 3.52. The fourth-order valence-electron chi connectivity index (χ4n) is 2.45. The summed E-state index contributed by atoms with van der Waals surface area (Å²) in [6, 6.07) is 3.18. The van der Waals surface area contributed by atoms with Crippen LogP contribution in [0.25, 0.3) is 0 Å². The van der Waals surface area contributed by atoms with Gasteiger partial charge in [0.25, 0.3) is 5.91 Å². The molecule has 1 saturated carbocycles. The molecule has 2 N–H and O–H groups in total. The monoisotopic (exact) mass is 355 g/mol. The number of aliphatic carboxylic acids is 1. The highest BCUT2D eigenvalue weighted by Gasteiger charge is 2.45. The van der Waals surface area contributed by atoms with Gasteiger partial charge in [0.05, 0.1) is 4.47 Å². The number of carboxylic acid groups (broad SMARTS) is 1. The quantitative estimate of drug-likeness (QED) is 0.865. The number of carbonyl (C=O) groups excluding carboxylic acids is 1. The molecule has 1 aliphatic heterocycles. The van der Waals surface area contributed by atoms with Crippen LogP contribution in [-0.2, 0) is 4.79 Å². The van der Waals surface area contributed by atoms with Crippen LogP contribution >= 0.6 is 15.9 Å². The van der Waals surface area contributed by atoms with Crippen LogP contribution in [0.3, 0.4) is 0 Å². The number of amides is 1. The Hall–Kier alpha value is -1.76. The Morgan fingerprint density at radius 2 is 1.95 bits per heavy atom. The van der Waals surface area contributed by atoms with Gasteiger partial charge < -0.3 is 19.9 Å². The summed E-state index contributed by atoms with van der Waals surface area (Å²) >= 11 is 3.34. The van der Waals surface area contributed by atoms with Gasteiger partial charge in [0, 0.05) is 5.56 Å². The molecule has 1 fully saturated rings. The fourth-order valence-corrected chi connectivity index (χ4v) is 3.01. The predicted molar refractivity (Wildman–Crippen MR) is 76.8 cm³/mol. The molecule has 1 aliphatic carbocycles. The first kappa shape index (κ1) is 14.2. The highest BCUT2D eigenvalue weighted by Crippen LogP contribution is 2.39. The molecule has 3 rings (SSSR count). The van der Waals surface area contributed by atoms with Crippen LogP contribution in [0.5, 0.6) is 11.5 Å². The van der Waals surface area contributed by atoms with Crippen molar-refractivity contribution in [3.63, 3.8) is 0 Å². The molecule has 2 aliphatic rings. The van der Waals surface area contributed by atoms with E-state index in [0.29, 0.717) is 47.6 Å². The summed E-state index contributed by atoms with van der Waals surface area (Å²) in [4.78, 5) is 23.6. The summed E-state index contributed by atoms with van der Waals surface area (Å²) in [5, 5.41) is 11.9. The second-order valence-corrected chi connectivity index (χ2v) is 6.03. The number of nitrogens with one attached hydrogen (secondary N) is 1. The first-order chi connectivity index (χ1) is 10.0. The Morgan fingerprint density at radius 1 is 1.24 bits per heavy atom. The van der Waals surface area contributed by atoms with E-state index in [9.17, 15) is 14.7 Å².